The molecule has 5 nitrogen and oxygen atoms in total. The van der Waals surface area contributed by atoms with Gasteiger partial charge in [-0.25, -0.2) is 9.67 Å². The van der Waals surface area contributed by atoms with Crippen LogP contribution in [0, 0.1) is 13.8 Å². The summed E-state index contributed by atoms with van der Waals surface area (Å²) in [6, 6.07) is 10.5. The third kappa shape index (κ3) is 4.04. The van der Waals surface area contributed by atoms with Gasteiger partial charge in [-0.3, -0.25) is 4.79 Å². The fourth-order valence-corrected chi connectivity index (χ4v) is 4.33. The Morgan fingerprint density at radius 1 is 1.10 bits per heavy atom. The molecule has 1 amide bonds. The molecule has 1 aliphatic rings. The quantitative estimate of drug-likeness (QED) is 0.634. The molecular weight excluding hydrogens is 360 g/mol. The van der Waals surface area contributed by atoms with E-state index in [9.17, 15) is 4.79 Å². The number of nitrogens with zero attached hydrogens (tertiary/aromatic N) is 3. The van der Waals surface area contributed by atoms with Gasteiger partial charge < -0.3 is 5.32 Å². The van der Waals surface area contributed by atoms with Crippen LogP contribution >= 0.6 is 0 Å². The molecule has 1 N–H and O–H groups in total. The predicted octanol–water partition coefficient (Wildman–Crippen LogP) is 5.05. The monoisotopic (exact) mass is 390 g/mol. The van der Waals surface area contributed by atoms with Crippen LogP contribution in [0.25, 0.3) is 16.7 Å². The van der Waals surface area contributed by atoms with Crippen LogP contribution in [0.3, 0.4) is 0 Å². The van der Waals surface area contributed by atoms with Gasteiger partial charge in [-0.05, 0) is 56.9 Å². The minimum absolute atomic E-state index is 0.00335. The van der Waals surface area contributed by atoms with Crippen LogP contribution in [0.1, 0.15) is 72.8 Å². The molecule has 152 valence electrons. The summed E-state index contributed by atoms with van der Waals surface area (Å²) in [7, 11) is 0. The second kappa shape index (κ2) is 8.36. The predicted molar refractivity (Wildman–Crippen MR) is 117 cm³/mol. The van der Waals surface area contributed by atoms with Gasteiger partial charge >= 0.3 is 0 Å². The zero-order valence-electron chi connectivity index (χ0n) is 17.7. The first-order valence-corrected chi connectivity index (χ1v) is 10.8. The molecule has 0 bridgehead atoms. The Morgan fingerprint density at radius 2 is 1.79 bits per heavy atom. The molecule has 1 aromatic carbocycles. The molecule has 0 spiro atoms. The fraction of sp³-hybridized carbons (Fsp3) is 0.458. The third-order valence-electron chi connectivity index (χ3n) is 5.97. The normalized spacial score (nSPS) is 15.4. The van der Waals surface area contributed by atoms with Gasteiger partial charge in [0, 0.05) is 11.7 Å². The molecule has 0 unspecified atom stereocenters. The van der Waals surface area contributed by atoms with Crippen molar-refractivity contribution in [3.8, 4) is 5.69 Å². The summed E-state index contributed by atoms with van der Waals surface area (Å²) in [5.74, 6) is -0.00335. The van der Waals surface area contributed by atoms with Crippen molar-refractivity contribution in [2.75, 3.05) is 0 Å². The summed E-state index contributed by atoms with van der Waals surface area (Å²) < 4.78 is 1.86. The van der Waals surface area contributed by atoms with E-state index in [1.54, 1.807) is 0 Å². The van der Waals surface area contributed by atoms with Gasteiger partial charge in [-0.1, -0.05) is 44.7 Å². The number of amides is 1. The second-order valence-electron chi connectivity index (χ2n) is 8.19. The highest BCUT2D eigenvalue weighted by Gasteiger charge is 2.22. The Hall–Kier alpha value is -2.69. The Bertz CT molecular complexity index is 1010. The van der Waals surface area contributed by atoms with Crippen molar-refractivity contribution >= 4 is 16.9 Å². The molecule has 2 aromatic heterocycles. The lowest BCUT2D eigenvalue weighted by Gasteiger charge is -2.17. The van der Waals surface area contributed by atoms with Gasteiger partial charge in [-0.15, -0.1) is 0 Å². The van der Waals surface area contributed by atoms with E-state index in [1.807, 2.05) is 24.6 Å². The summed E-state index contributed by atoms with van der Waals surface area (Å²) in [6.45, 7) is 6.04. The number of carbonyl (C=O) groups is 1. The first kappa shape index (κ1) is 19.6. The van der Waals surface area contributed by atoms with E-state index in [4.69, 9.17) is 10.1 Å². The number of rotatable bonds is 4. The molecule has 3 aromatic rings. The number of carbonyl (C=O) groups excluding carboxylic acids is 1. The van der Waals surface area contributed by atoms with Crippen LogP contribution < -0.4 is 5.32 Å². The van der Waals surface area contributed by atoms with E-state index >= 15 is 0 Å². The van der Waals surface area contributed by atoms with Crippen LogP contribution in [0.15, 0.2) is 30.3 Å². The number of aryl methyl sites for hydroxylation is 3. The lowest BCUT2D eigenvalue weighted by molar-refractivity contribution is 0.0935. The minimum Gasteiger partial charge on any atom is -0.349 e. The summed E-state index contributed by atoms with van der Waals surface area (Å²) in [5.41, 5.74) is 5.35. The Balaban J connectivity index is 1.73. The van der Waals surface area contributed by atoms with Gasteiger partial charge in [0.25, 0.3) is 5.91 Å². The molecule has 0 saturated heterocycles. The minimum atomic E-state index is -0.00335. The topological polar surface area (TPSA) is 59.8 Å². The molecule has 1 fully saturated rings. The van der Waals surface area contributed by atoms with Gasteiger partial charge in [-0.2, -0.15) is 5.10 Å². The first-order valence-electron chi connectivity index (χ1n) is 10.8. The number of nitrogens with one attached hydrogen (secondary N) is 1. The maximum atomic E-state index is 13.2. The Morgan fingerprint density at radius 3 is 2.45 bits per heavy atom. The number of pyridine rings is 1. The standard InChI is InChI=1S/C24H30N4O/c1-4-18-11-13-20(14-12-18)28-23-22(17(3)27-28)21(15-16(2)25-23)24(29)26-19-9-7-5-6-8-10-19/h11-15,19H,4-10H2,1-3H3,(H,26,29). The highest BCUT2D eigenvalue weighted by molar-refractivity contribution is 6.06. The summed E-state index contributed by atoms with van der Waals surface area (Å²) in [6.07, 6.45) is 8.08. The van der Waals surface area contributed by atoms with Crippen molar-refractivity contribution in [1.29, 1.82) is 0 Å². The van der Waals surface area contributed by atoms with Crippen molar-refractivity contribution in [2.24, 2.45) is 0 Å². The number of aromatic nitrogens is 3. The van der Waals surface area contributed by atoms with Crippen molar-refractivity contribution in [2.45, 2.75) is 71.8 Å². The van der Waals surface area contributed by atoms with Gasteiger partial charge in [0.2, 0.25) is 0 Å². The first-order chi connectivity index (χ1) is 14.1. The van der Waals surface area contributed by atoms with E-state index in [0.29, 0.717) is 5.56 Å². The van der Waals surface area contributed by atoms with E-state index in [1.165, 1.54) is 31.2 Å². The molecule has 0 aliphatic heterocycles. The van der Waals surface area contributed by atoms with Crippen molar-refractivity contribution < 1.29 is 4.79 Å². The van der Waals surface area contributed by atoms with Crippen LogP contribution in [0.4, 0.5) is 0 Å². The van der Waals surface area contributed by atoms with Gasteiger partial charge in [0.05, 0.1) is 22.3 Å². The zero-order valence-corrected chi connectivity index (χ0v) is 17.7. The molecule has 5 heteroatoms. The molecular formula is C24H30N4O. The molecule has 0 atom stereocenters. The van der Waals surface area contributed by atoms with Crippen molar-refractivity contribution in [1.82, 2.24) is 20.1 Å². The molecule has 0 radical (unpaired) electrons. The Labute approximate surface area is 172 Å². The third-order valence-corrected chi connectivity index (χ3v) is 5.97. The van der Waals surface area contributed by atoms with Crippen molar-refractivity contribution in [3.05, 3.63) is 52.8 Å². The Kier molecular flexibility index (Phi) is 5.65. The largest absolute Gasteiger partial charge is 0.349 e. The molecule has 1 aliphatic carbocycles. The molecule has 2 heterocycles. The fourth-order valence-electron chi connectivity index (χ4n) is 4.33. The van der Waals surface area contributed by atoms with Crippen LogP contribution in [0.2, 0.25) is 0 Å². The van der Waals surface area contributed by atoms with E-state index in [-0.39, 0.29) is 11.9 Å². The van der Waals surface area contributed by atoms with E-state index < -0.39 is 0 Å². The number of hydrogen-bond acceptors (Lipinski definition) is 3. The van der Waals surface area contributed by atoms with Crippen LogP contribution in [-0.2, 0) is 6.42 Å². The lowest BCUT2D eigenvalue weighted by atomic mass is 10.1. The summed E-state index contributed by atoms with van der Waals surface area (Å²) >= 11 is 0. The van der Waals surface area contributed by atoms with E-state index in [0.717, 1.165) is 47.4 Å². The number of benzene rings is 1. The van der Waals surface area contributed by atoms with Gasteiger partial charge in [0.15, 0.2) is 5.65 Å². The van der Waals surface area contributed by atoms with Crippen LogP contribution in [-0.4, -0.2) is 26.7 Å². The SMILES string of the molecule is CCc1ccc(-n2nc(C)c3c(C(=O)NC4CCCCCC4)cc(C)nc32)cc1. The smallest absolute Gasteiger partial charge is 0.252 e. The second-order valence-corrected chi connectivity index (χ2v) is 8.19. The maximum Gasteiger partial charge on any atom is 0.252 e. The summed E-state index contributed by atoms with van der Waals surface area (Å²) in [5, 5.41) is 8.87. The molecule has 29 heavy (non-hydrogen) atoms. The zero-order chi connectivity index (χ0) is 20.4. The van der Waals surface area contributed by atoms with Crippen molar-refractivity contribution in [3.63, 3.8) is 0 Å². The highest BCUT2D eigenvalue weighted by Crippen LogP contribution is 2.26. The number of fused-ring (bicyclic) bond motifs is 1. The average molecular weight is 391 g/mol. The molecule has 1 saturated carbocycles. The number of hydrogen-bond donors (Lipinski definition) is 1. The van der Waals surface area contributed by atoms with E-state index in [2.05, 4.69) is 36.5 Å². The molecule has 4 rings (SSSR count). The van der Waals surface area contributed by atoms with Crippen LogP contribution in [0.5, 0.6) is 0 Å². The lowest BCUT2D eigenvalue weighted by Crippen LogP contribution is -2.34. The average Bonchev–Trinajstić information content (AvgIpc) is 2.89. The summed E-state index contributed by atoms with van der Waals surface area (Å²) in [4.78, 5) is 17.9. The highest BCUT2D eigenvalue weighted by atomic mass is 16.1. The maximum absolute atomic E-state index is 13.2. The van der Waals surface area contributed by atoms with Gasteiger partial charge in [0.1, 0.15) is 0 Å².